The molecule has 172 valence electrons. The van der Waals surface area contributed by atoms with Gasteiger partial charge < -0.3 is 10.0 Å². The molecule has 0 radical (unpaired) electrons. The third-order valence-corrected chi connectivity index (χ3v) is 5.41. The Morgan fingerprint density at radius 3 is 2.41 bits per heavy atom. The number of rotatable bonds is 8. The molecule has 0 unspecified atom stereocenters. The molecule has 0 saturated heterocycles. The first-order chi connectivity index (χ1) is 16.6. The molecule has 8 nitrogen and oxygen atoms in total. The molecule has 0 aliphatic carbocycles. The summed E-state index contributed by atoms with van der Waals surface area (Å²) in [7, 11) is 1.90. The summed E-state index contributed by atoms with van der Waals surface area (Å²) in [5, 5.41) is 18.4. The highest BCUT2D eigenvalue weighted by atomic mass is 16.3. The summed E-state index contributed by atoms with van der Waals surface area (Å²) >= 11 is 0. The third kappa shape index (κ3) is 5.19. The van der Waals surface area contributed by atoms with Gasteiger partial charge in [-0.1, -0.05) is 60.7 Å². The average Bonchev–Trinajstić information content (AvgIpc) is 2.87. The number of amides is 1. The van der Waals surface area contributed by atoms with Gasteiger partial charge in [0.25, 0.3) is 11.5 Å². The molecule has 0 aliphatic rings. The van der Waals surface area contributed by atoms with E-state index in [0.29, 0.717) is 17.3 Å². The summed E-state index contributed by atoms with van der Waals surface area (Å²) in [4.78, 5) is 27.8. The van der Waals surface area contributed by atoms with Gasteiger partial charge in [-0.05, 0) is 29.3 Å². The molecule has 1 heterocycles. The van der Waals surface area contributed by atoms with Crippen LogP contribution in [-0.2, 0) is 6.54 Å². The van der Waals surface area contributed by atoms with E-state index in [4.69, 9.17) is 5.11 Å². The summed E-state index contributed by atoms with van der Waals surface area (Å²) in [6.07, 6.45) is 1.54. The van der Waals surface area contributed by atoms with Crippen molar-refractivity contribution >= 4 is 28.6 Å². The fourth-order valence-corrected chi connectivity index (χ4v) is 3.58. The number of anilines is 1. The Kier molecular flexibility index (Phi) is 7.10. The van der Waals surface area contributed by atoms with Crippen molar-refractivity contribution in [1.82, 2.24) is 15.2 Å². The molecule has 4 rings (SSSR count). The lowest BCUT2D eigenvalue weighted by Gasteiger charge is -2.17. The average molecular weight is 456 g/mol. The number of carbonyl (C=O) groups excluding carboxylic acids is 1. The molecule has 3 aromatic carbocycles. The number of hydrogen-bond acceptors (Lipinski definition) is 6. The molecule has 0 fully saturated rings. The molecule has 0 aliphatic heterocycles. The van der Waals surface area contributed by atoms with Crippen LogP contribution in [0.2, 0.25) is 0 Å². The van der Waals surface area contributed by atoms with Crippen molar-refractivity contribution in [1.29, 1.82) is 0 Å². The van der Waals surface area contributed by atoms with Gasteiger partial charge in [0.05, 0.1) is 24.8 Å². The van der Waals surface area contributed by atoms with Gasteiger partial charge in [0.2, 0.25) is 0 Å². The summed E-state index contributed by atoms with van der Waals surface area (Å²) < 4.78 is 1.30. The van der Waals surface area contributed by atoms with Gasteiger partial charge in [0.1, 0.15) is 0 Å². The minimum atomic E-state index is -0.506. The van der Waals surface area contributed by atoms with E-state index in [-0.39, 0.29) is 24.4 Å². The van der Waals surface area contributed by atoms with Crippen molar-refractivity contribution in [3.63, 3.8) is 0 Å². The summed E-state index contributed by atoms with van der Waals surface area (Å²) in [6, 6.07) is 24.0. The lowest BCUT2D eigenvalue weighted by atomic mass is 10.1. The highest BCUT2D eigenvalue weighted by molar-refractivity contribution is 6.05. The number of nitrogens with one attached hydrogen (secondary N) is 1. The van der Waals surface area contributed by atoms with Gasteiger partial charge in [-0.15, -0.1) is 0 Å². The molecule has 8 heteroatoms. The van der Waals surface area contributed by atoms with E-state index in [9.17, 15) is 9.59 Å². The largest absolute Gasteiger partial charge is 0.395 e. The third-order valence-electron chi connectivity index (χ3n) is 5.41. The molecule has 0 spiro atoms. The Balaban J connectivity index is 1.56. The van der Waals surface area contributed by atoms with Gasteiger partial charge in [-0.3, -0.25) is 9.59 Å². The SMILES string of the molecule is CN(CCO)c1ccc(/C=N/NC(=O)c2nn(Cc3ccccc3)c(=O)c3ccccc23)cc1. The molecule has 0 atom stereocenters. The Morgan fingerprint density at radius 2 is 1.71 bits per heavy atom. The van der Waals surface area contributed by atoms with Gasteiger partial charge in [0.15, 0.2) is 5.69 Å². The zero-order valence-electron chi connectivity index (χ0n) is 18.8. The van der Waals surface area contributed by atoms with Crippen LogP contribution in [0, 0.1) is 0 Å². The van der Waals surface area contributed by atoms with Crippen molar-refractivity contribution in [2.45, 2.75) is 6.54 Å². The van der Waals surface area contributed by atoms with E-state index in [1.807, 2.05) is 66.5 Å². The summed E-state index contributed by atoms with van der Waals surface area (Å²) in [6.45, 7) is 0.870. The molecule has 4 aromatic rings. The van der Waals surface area contributed by atoms with Gasteiger partial charge >= 0.3 is 0 Å². The maximum atomic E-state index is 12.9. The maximum absolute atomic E-state index is 12.9. The standard InChI is InChI=1S/C26H25N5O3/c1-30(15-16-32)21-13-11-19(12-14-21)17-27-28-25(33)24-22-9-5-6-10-23(22)26(34)31(29-24)18-20-7-3-2-4-8-20/h2-14,17,32H,15-16,18H2,1H3,(H,28,33)/b27-17+. The van der Waals surface area contributed by atoms with Crippen LogP contribution in [0.5, 0.6) is 0 Å². The molecular formula is C26H25N5O3. The van der Waals surface area contributed by atoms with Crippen molar-refractivity contribution in [3.05, 3.63) is 106 Å². The van der Waals surface area contributed by atoms with Gasteiger partial charge in [-0.2, -0.15) is 10.2 Å². The first kappa shape index (κ1) is 22.9. The van der Waals surface area contributed by atoms with Crippen LogP contribution in [0.1, 0.15) is 21.6 Å². The van der Waals surface area contributed by atoms with Crippen LogP contribution in [0.4, 0.5) is 5.69 Å². The number of benzene rings is 3. The zero-order valence-corrected chi connectivity index (χ0v) is 18.8. The number of hydrogen-bond donors (Lipinski definition) is 2. The summed E-state index contributed by atoms with van der Waals surface area (Å²) in [5.41, 5.74) is 5.06. The lowest BCUT2D eigenvalue weighted by Crippen LogP contribution is -2.29. The van der Waals surface area contributed by atoms with Crippen LogP contribution in [-0.4, -0.2) is 47.2 Å². The highest BCUT2D eigenvalue weighted by Crippen LogP contribution is 2.15. The number of aliphatic hydroxyl groups excluding tert-OH is 1. The van der Waals surface area contributed by atoms with Crippen molar-refractivity contribution < 1.29 is 9.90 Å². The number of carbonyl (C=O) groups is 1. The number of hydrazone groups is 1. The minimum absolute atomic E-state index is 0.0765. The molecule has 2 N–H and O–H groups in total. The van der Waals surface area contributed by atoms with E-state index in [2.05, 4.69) is 15.6 Å². The normalized spacial score (nSPS) is 11.1. The minimum Gasteiger partial charge on any atom is -0.395 e. The van der Waals surface area contributed by atoms with Crippen LogP contribution in [0.3, 0.4) is 0 Å². The van der Waals surface area contributed by atoms with E-state index in [1.165, 1.54) is 10.9 Å². The summed E-state index contributed by atoms with van der Waals surface area (Å²) in [5.74, 6) is -0.506. The van der Waals surface area contributed by atoms with Crippen LogP contribution in [0.25, 0.3) is 10.8 Å². The smallest absolute Gasteiger partial charge is 0.292 e. The van der Waals surface area contributed by atoms with E-state index in [1.54, 1.807) is 24.3 Å². The first-order valence-electron chi connectivity index (χ1n) is 10.9. The number of nitrogens with zero attached hydrogens (tertiary/aromatic N) is 4. The number of fused-ring (bicyclic) bond motifs is 1. The predicted molar refractivity (Wildman–Crippen MR) is 133 cm³/mol. The molecule has 34 heavy (non-hydrogen) atoms. The predicted octanol–water partition coefficient (Wildman–Crippen LogP) is 2.64. The second-order valence-electron chi connectivity index (χ2n) is 7.78. The molecule has 1 aromatic heterocycles. The number of aromatic nitrogens is 2. The van der Waals surface area contributed by atoms with Crippen molar-refractivity contribution in [2.24, 2.45) is 5.10 Å². The first-order valence-corrected chi connectivity index (χ1v) is 10.9. The van der Waals surface area contributed by atoms with Crippen molar-refractivity contribution in [3.8, 4) is 0 Å². The van der Waals surface area contributed by atoms with Crippen LogP contribution in [0.15, 0.2) is 88.8 Å². The van der Waals surface area contributed by atoms with Gasteiger partial charge in [-0.25, -0.2) is 10.1 Å². The monoisotopic (exact) mass is 455 g/mol. The molecule has 0 bridgehead atoms. The van der Waals surface area contributed by atoms with Crippen LogP contribution >= 0.6 is 0 Å². The second-order valence-corrected chi connectivity index (χ2v) is 7.78. The number of aliphatic hydroxyl groups is 1. The molecular weight excluding hydrogens is 430 g/mol. The van der Waals surface area contributed by atoms with E-state index < -0.39 is 5.91 Å². The Bertz CT molecular complexity index is 1370. The Labute approximate surface area is 196 Å². The van der Waals surface area contributed by atoms with E-state index >= 15 is 0 Å². The topological polar surface area (TPSA) is 99.8 Å². The fourth-order valence-electron chi connectivity index (χ4n) is 3.58. The Morgan fingerprint density at radius 1 is 1.03 bits per heavy atom. The molecule has 0 saturated carbocycles. The van der Waals surface area contributed by atoms with E-state index in [0.717, 1.165) is 16.8 Å². The maximum Gasteiger partial charge on any atom is 0.292 e. The zero-order chi connectivity index (χ0) is 23.9. The Hall–Kier alpha value is -4.30. The number of likely N-dealkylation sites (N-methyl/N-ethyl adjacent to an activating group) is 1. The van der Waals surface area contributed by atoms with Crippen molar-refractivity contribution in [2.75, 3.05) is 25.1 Å². The fraction of sp³-hybridized carbons (Fsp3) is 0.154. The van der Waals surface area contributed by atoms with Gasteiger partial charge in [0, 0.05) is 24.7 Å². The highest BCUT2D eigenvalue weighted by Gasteiger charge is 2.16. The lowest BCUT2D eigenvalue weighted by molar-refractivity contribution is 0.0949. The second kappa shape index (κ2) is 10.5. The van der Waals surface area contributed by atoms with Crippen LogP contribution < -0.4 is 15.9 Å². The quantitative estimate of drug-likeness (QED) is 0.314. The molecule has 1 amide bonds.